The van der Waals surface area contributed by atoms with Gasteiger partial charge in [-0.25, -0.2) is 0 Å². The third-order valence-electron chi connectivity index (χ3n) is 1.51. The molecule has 0 heterocycles. The second kappa shape index (κ2) is 10.4. The zero-order valence-electron chi connectivity index (χ0n) is 10.4. The van der Waals surface area contributed by atoms with Crippen molar-refractivity contribution in [2.75, 3.05) is 0 Å². The van der Waals surface area contributed by atoms with Crippen LogP contribution in [0.1, 0.15) is 33.3 Å². The lowest BCUT2D eigenvalue weighted by atomic mass is 10.1. The molecule has 1 rings (SSSR count). The van der Waals surface area contributed by atoms with Crippen LogP contribution < -0.4 is 0 Å². The van der Waals surface area contributed by atoms with Crippen LogP contribution in [-0.2, 0) is 0 Å². The molecule has 0 atom stereocenters. The maximum atomic E-state index is 9.37. The Morgan fingerprint density at radius 3 is 2.06 bits per heavy atom. The van der Waals surface area contributed by atoms with Crippen LogP contribution in [0.25, 0.3) is 6.08 Å². The minimum atomic E-state index is 0.163. The number of nitrogens with zero attached hydrogens (tertiary/aromatic N) is 1. The van der Waals surface area contributed by atoms with Gasteiger partial charge in [0.05, 0.1) is 5.69 Å². The molecule has 2 nitrogen and oxygen atoms in total. The second-order valence-corrected chi connectivity index (χ2v) is 3.05. The van der Waals surface area contributed by atoms with Crippen molar-refractivity contribution in [1.82, 2.24) is 0 Å². The summed E-state index contributed by atoms with van der Waals surface area (Å²) in [5, 5.41) is 9.37. The average molecular weight is 286 g/mol. The standard InChI is InChI=1S/C9H8BrNO.2C2H6/c1-3-6-8(12)5-4-7(10)9(6)11-2;2*1-2/h3-5,12H,1-2H2;2*1-2H3. The van der Waals surface area contributed by atoms with E-state index in [1.807, 2.05) is 27.7 Å². The molecule has 0 spiro atoms. The first-order chi connectivity index (χ1) is 7.70. The number of phenols is 1. The van der Waals surface area contributed by atoms with Crippen molar-refractivity contribution in [3.05, 3.63) is 28.7 Å². The Bertz CT molecular complexity index is 302. The molecule has 0 bridgehead atoms. The molecule has 0 amide bonds. The first kappa shape index (κ1) is 17.3. The molecule has 1 N–H and O–H groups in total. The van der Waals surface area contributed by atoms with Gasteiger partial charge in [0.2, 0.25) is 0 Å². The minimum Gasteiger partial charge on any atom is -0.507 e. The minimum absolute atomic E-state index is 0.163. The molecule has 0 saturated carbocycles. The van der Waals surface area contributed by atoms with Gasteiger partial charge in [-0.15, -0.1) is 0 Å². The van der Waals surface area contributed by atoms with Gasteiger partial charge in [0, 0.05) is 10.0 Å². The molecular formula is C13H20BrNO. The van der Waals surface area contributed by atoms with Gasteiger partial charge in [-0.2, -0.15) is 0 Å². The van der Waals surface area contributed by atoms with Crippen molar-refractivity contribution < 1.29 is 5.11 Å². The molecule has 0 radical (unpaired) electrons. The van der Waals surface area contributed by atoms with E-state index < -0.39 is 0 Å². The van der Waals surface area contributed by atoms with Crippen LogP contribution in [0.15, 0.2) is 28.2 Å². The molecule has 0 aliphatic heterocycles. The summed E-state index contributed by atoms with van der Waals surface area (Å²) < 4.78 is 0.796. The van der Waals surface area contributed by atoms with Gasteiger partial charge < -0.3 is 5.11 Å². The average Bonchev–Trinajstić information content (AvgIpc) is 2.36. The monoisotopic (exact) mass is 285 g/mol. The lowest BCUT2D eigenvalue weighted by molar-refractivity contribution is 0.474. The topological polar surface area (TPSA) is 32.6 Å². The highest BCUT2D eigenvalue weighted by molar-refractivity contribution is 9.10. The largest absolute Gasteiger partial charge is 0.507 e. The summed E-state index contributed by atoms with van der Waals surface area (Å²) in [7, 11) is 0. The molecule has 1 aromatic rings. The molecule has 0 fully saturated rings. The number of rotatable bonds is 2. The van der Waals surface area contributed by atoms with E-state index in [0.29, 0.717) is 11.3 Å². The molecular weight excluding hydrogens is 266 g/mol. The van der Waals surface area contributed by atoms with Crippen LogP contribution in [0.5, 0.6) is 5.75 Å². The van der Waals surface area contributed by atoms with Gasteiger partial charge in [-0.1, -0.05) is 40.3 Å². The first-order valence-electron chi connectivity index (χ1n) is 5.31. The zero-order chi connectivity index (χ0) is 13.1. The van der Waals surface area contributed by atoms with Crippen molar-refractivity contribution in [2.24, 2.45) is 4.99 Å². The Morgan fingerprint density at radius 2 is 1.75 bits per heavy atom. The summed E-state index contributed by atoms with van der Waals surface area (Å²) in [6.07, 6.45) is 1.55. The number of aliphatic imine (C=N–C) groups is 1. The smallest absolute Gasteiger partial charge is 0.125 e. The van der Waals surface area contributed by atoms with Gasteiger partial charge in [-0.3, -0.25) is 4.99 Å². The normalized spacial score (nSPS) is 7.81. The molecule has 90 valence electrons. The van der Waals surface area contributed by atoms with E-state index in [-0.39, 0.29) is 5.75 Å². The van der Waals surface area contributed by atoms with Gasteiger partial charge >= 0.3 is 0 Å². The number of halogens is 1. The van der Waals surface area contributed by atoms with Gasteiger partial charge in [-0.05, 0) is 34.8 Å². The SMILES string of the molecule is C=Cc1c(O)ccc(Br)c1N=C.CC.CC. The van der Waals surface area contributed by atoms with Crippen LogP contribution in [0.3, 0.4) is 0 Å². The van der Waals surface area contributed by atoms with E-state index in [4.69, 9.17) is 0 Å². The van der Waals surface area contributed by atoms with E-state index in [1.54, 1.807) is 18.2 Å². The number of benzene rings is 1. The third-order valence-corrected chi connectivity index (χ3v) is 2.15. The highest BCUT2D eigenvalue weighted by atomic mass is 79.9. The van der Waals surface area contributed by atoms with Crippen LogP contribution in [-0.4, -0.2) is 11.8 Å². The van der Waals surface area contributed by atoms with E-state index in [1.165, 1.54) is 0 Å². The summed E-state index contributed by atoms with van der Waals surface area (Å²) in [6.45, 7) is 15.0. The number of phenolic OH excluding ortho intramolecular Hbond substituents is 1. The fraction of sp³-hybridized carbons (Fsp3) is 0.308. The number of aromatic hydroxyl groups is 1. The second-order valence-electron chi connectivity index (χ2n) is 2.19. The molecule has 0 saturated heterocycles. The number of hydrogen-bond acceptors (Lipinski definition) is 2. The molecule has 0 aromatic heterocycles. The Morgan fingerprint density at radius 1 is 1.25 bits per heavy atom. The van der Waals surface area contributed by atoms with Crippen LogP contribution >= 0.6 is 15.9 Å². The van der Waals surface area contributed by atoms with Crippen molar-refractivity contribution in [3.8, 4) is 5.75 Å². The maximum absolute atomic E-state index is 9.37. The zero-order valence-corrected chi connectivity index (χ0v) is 12.0. The van der Waals surface area contributed by atoms with Crippen molar-refractivity contribution in [2.45, 2.75) is 27.7 Å². The fourth-order valence-electron chi connectivity index (χ4n) is 0.933. The van der Waals surface area contributed by atoms with Crippen molar-refractivity contribution >= 4 is 34.4 Å². The van der Waals surface area contributed by atoms with Crippen LogP contribution in [0, 0.1) is 0 Å². The highest BCUT2D eigenvalue weighted by Gasteiger charge is 2.06. The molecule has 0 aliphatic carbocycles. The Balaban J connectivity index is 0. The first-order valence-corrected chi connectivity index (χ1v) is 6.10. The molecule has 0 unspecified atom stereocenters. The lowest BCUT2D eigenvalue weighted by Crippen LogP contribution is -1.77. The summed E-state index contributed by atoms with van der Waals surface area (Å²) in [5.74, 6) is 0.163. The quantitative estimate of drug-likeness (QED) is 0.746. The number of hydrogen-bond donors (Lipinski definition) is 1. The lowest BCUT2D eigenvalue weighted by Gasteiger charge is -2.04. The Kier molecular flexibility index (Phi) is 11.3. The molecule has 16 heavy (non-hydrogen) atoms. The summed E-state index contributed by atoms with van der Waals surface area (Å²) in [4.78, 5) is 3.77. The Labute approximate surface area is 107 Å². The third kappa shape index (κ3) is 4.62. The van der Waals surface area contributed by atoms with Crippen LogP contribution in [0.4, 0.5) is 5.69 Å². The van der Waals surface area contributed by atoms with Gasteiger partial charge in [0.15, 0.2) is 0 Å². The Hall–Kier alpha value is -1.09. The fourth-order valence-corrected chi connectivity index (χ4v) is 1.40. The van der Waals surface area contributed by atoms with E-state index in [0.717, 1.165) is 4.47 Å². The van der Waals surface area contributed by atoms with Gasteiger partial charge in [0.1, 0.15) is 5.75 Å². The molecule has 1 aromatic carbocycles. The molecule has 0 aliphatic rings. The van der Waals surface area contributed by atoms with Crippen LogP contribution in [0.2, 0.25) is 0 Å². The van der Waals surface area contributed by atoms with Gasteiger partial charge in [0.25, 0.3) is 0 Å². The van der Waals surface area contributed by atoms with Crippen molar-refractivity contribution in [1.29, 1.82) is 0 Å². The van der Waals surface area contributed by atoms with Crippen molar-refractivity contribution in [3.63, 3.8) is 0 Å². The maximum Gasteiger partial charge on any atom is 0.125 e. The highest BCUT2D eigenvalue weighted by Crippen LogP contribution is 2.35. The predicted octanol–water partition coefficient (Wildman–Crippen LogP) is 5.18. The summed E-state index contributed by atoms with van der Waals surface area (Å²) in [6, 6.07) is 3.29. The van der Waals surface area contributed by atoms with E-state index >= 15 is 0 Å². The van der Waals surface area contributed by atoms with E-state index in [2.05, 4.69) is 34.2 Å². The summed E-state index contributed by atoms with van der Waals surface area (Å²) in [5.41, 5.74) is 1.21. The predicted molar refractivity (Wildman–Crippen MR) is 77.8 cm³/mol. The molecule has 3 heteroatoms. The summed E-state index contributed by atoms with van der Waals surface area (Å²) >= 11 is 3.29. The van der Waals surface area contributed by atoms with E-state index in [9.17, 15) is 5.11 Å².